The Bertz CT molecular complexity index is 854. The third-order valence-corrected chi connectivity index (χ3v) is 6.33. The highest BCUT2D eigenvalue weighted by Gasteiger charge is 2.56. The van der Waals surface area contributed by atoms with E-state index >= 15 is 0 Å². The zero-order valence-corrected chi connectivity index (χ0v) is 17.5. The fourth-order valence-corrected chi connectivity index (χ4v) is 5.08. The van der Waals surface area contributed by atoms with Crippen molar-refractivity contribution < 1.29 is 36.3 Å². The monoisotopic (exact) mass is 453 g/mol. The third-order valence-electron chi connectivity index (χ3n) is 4.01. The van der Waals surface area contributed by atoms with Gasteiger partial charge in [0.25, 0.3) is 0 Å². The van der Waals surface area contributed by atoms with Gasteiger partial charge in [-0.2, -0.15) is 8.42 Å². The van der Waals surface area contributed by atoms with Crippen LogP contribution in [0.15, 0.2) is 21.2 Å². The summed E-state index contributed by atoms with van der Waals surface area (Å²) in [6.07, 6.45) is 0.267. The molecule has 0 bridgehead atoms. The summed E-state index contributed by atoms with van der Waals surface area (Å²) in [4.78, 5) is 36.2. The first-order valence-corrected chi connectivity index (χ1v) is 10.7. The van der Waals surface area contributed by atoms with Crippen molar-refractivity contribution in [1.82, 2.24) is 10.2 Å². The molecule has 1 saturated heterocycles. The first kappa shape index (κ1) is 22.7. The van der Waals surface area contributed by atoms with Crippen molar-refractivity contribution in [3.63, 3.8) is 0 Å². The molecular weight excluding hydrogens is 436 g/mol. The van der Waals surface area contributed by atoms with E-state index in [-0.39, 0.29) is 33.9 Å². The molecule has 0 radical (unpaired) electrons. The lowest BCUT2D eigenvalue weighted by molar-refractivity contribution is -0.301. The maximum atomic E-state index is 12.5. The Balaban J connectivity index is 2.17. The van der Waals surface area contributed by atoms with E-state index in [1.165, 1.54) is 27.0 Å². The normalized spacial score (nSPS) is 23.4. The maximum absolute atomic E-state index is 12.5. The molecule has 2 aliphatic rings. The van der Waals surface area contributed by atoms with Gasteiger partial charge in [-0.3, -0.25) is 9.59 Å². The van der Waals surface area contributed by atoms with Crippen molar-refractivity contribution in [2.45, 2.75) is 39.3 Å². The predicted molar refractivity (Wildman–Crippen MR) is 97.2 cm³/mol. The van der Waals surface area contributed by atoms with Gasteiger partial charge in [0.05, 0.1) is 40.7 Å². The minimum Gasteiger partial charge on any atom is -0.543 e. The van der Waals surface area contributed by atoms with Gasteiger partial charge in [-0.05, 0) is 13.8 Å². The molecule has 2 amide bonds. The van der Waals surface area contributed by atoms with Crippen molar-refractivity contribution >= 4 is 51.5 Å². The number of nitrogens with one attached hydrogen (secondary N) is 1. The van der Waals surface area contributed by atoms with Crippen LogP contribution in [0.1, 0.15) is 27.2 Å². The number of carboxylic acids is 1. The van der Waals surface area contributed by atoms with Gasteiger partial charge in [0.2, 0.25) is 11.8 Å². The molecule has 0 unspecified atom stereocenters. The number of carboxylic acid groups (broad SMARTS) is 1. The number of aliphatic carboxylic acids is 1. The van der Waals surface area contributed by atoms with Crippen molar-refractivity contribution in [3.05, 3.63) is 21.2 Å². The molecule has 2 aliphatic heterocycles. The van der Waals surface area contributed by atoms with Crippen molar-refractivity contribution in [3.8, 4) is 0 Å². The third kappa shape index (κ3) is 4.87. The Labute approximate surface area is 171 Å². The van der Waals surface area contributed by atoms with E-state index in [2.05, 4.69) is 9.50 Å². The fraction of sp³-hybridized carbons (Fsp3) is 0.533. The molecule has 13 heteroatoms. The standard InChI is InChI=1S/C15H19ClN2O8S2/c1-4-25-28(23,24)26-7(2)12-9-5-10(27-11(16)6-17-8(3)19)13(15(21)22)18(9)14(12)20/h6-7,9,12H,4-5H2,1-3H3,(H,17,19)(H,21,22)/p-1/b11-6+/t7-,9+,12-/m0/s1. The lowest BCUT2D eigenvalue weighted by atomic mass is 9.83. The molecule has 0 aliphatic carbocycles. The number of carbonyl (C=O) groups excluding carboxylic acids is 3. The molecule has 10 nitrogen and oxygen atoms in total. The van der Waals surface area contributed by atoms with Crippen LogP contribution >= 0.6 is 23.4 Å². The highest BCUT2D eigenvalue weighted by molar-refractivity contribution is 8.08. The summed E-state index contributed by atoms with van der Waals surface area (Å²) in [5.74, 6) is -3.39. The van der Waals surface area contributed by atoms with E-state index in [0.29, 0.717) is 0 Å². The van der Waals surface area contributed by atoms with Crippen LogP contribution < -0.4 is 10.4 Å². The maximum Gasteiger partial charge on any atom is 0.400 e. The van der Waals surface area contributed by atoms with Crippen LogP contribution in [-0.4, -0.2) is 49.9 Å². The minimum absolute atomic E-state index is 0.0821. The van der Waals surface area contributed by atoms with E-state index in [4.69, 9.17) is 15.8 Å². The second kappa shape index (κ2) is 8.82. The first-order valence-electron chi connectivity index (χ1n) is 8.14. The van der Waals surface area contributed by atoms with Gasteiger partial charge in [0.1, 0.15) is 0 Å². The second-order valence-electron chi connectivity index (χ2n) is 5.93. The molecular formula is C15H18ClN2O8S2-. The average Bonchev–Trinajstić information content (AvgIpc) is 2.86. The lowest BCUT2D eigenvalue weighted by Crippen LogP contribution is -2.63. The van der Waals surface area contributed by atoms with Crippen LogP contribution in [0, 0.1) is 5.92 Å². The van der Waals surface area contributed by atoms with Gasteiger partial charge in [0.15, 0.2) is 0 Å². The molecule has 0 aromatic heterocycles. The van der Waals surface area contributed by atoms with E-state index in [1.807, 2.05) is 0 Å². The number of amides is 2. The Morgan fingerprint density at radius 3 is 2.68 bits per heavy atom. The van der Waals surface area contributed by atoms with Gasteiger partial charge in [0, 0.05) is 24.4 Å². The van der Waals surface area contributed by atoms with Crippen LogP contribution in [0.3, 0.4) is 0 Å². The van der Waals surface area contributed by atoms with Gasteiger partial charge < -0.3 is 20.1 Å². The topological polar surface area (TPSA) is 142 Å². The molecule has 0 saturated carbocycles. The average molecular weight is 454 g/mol. The summed E-state index contributed by atoms with van der Waals surface area (Å²) < 4.78 is 32.7. The largest absolute Gasteiger partial charge is 0.543 e. The Hall–Kier alpha value is -1.60. The highest BCUT2D eigenvalue weighted by atomic mass is 35.5. The fourth-order valence-electron chi connectivity index (χ4n) is 3.02. The van der Waals surface area contributed by atoms with Gasteiger partial charge in [-0.25, -0.2) is 8.37 Å². The smallest absolute Gasteiger partial charge is 0.400 e. The Kier molecular flexibility index (Phi) is 7.15. The number of hydrogen-bond acceptors (Lipinski definition) is 9. The molecule has 0 spiro atoms. The molecule has 0 aromatic carbocycles. The van der Waals surface area contributed by atoms with E-state index in [0.717, 1.165) is 16.7 Å². The number of hydrogen-bond donors (Lipinski definition) is 1. The number of nitrogens with zero attached hydrogens (tertiary/aromatic N) is 1. The van der Waals surface area contributed by atoms with Crippen molar-refractivity contribution in [2.75, 3.05) is 6.61 Å². The Morgan fingerprint density at radius 2 is 2.14 bits per heavy atom. The molecule has 1 N–H and O–H groups in total. The molecule has 2 rings (SSSR count). The zero-order valence-electron chi connectivity index (χ0n) is 15.1. The van der Waals surface area contributed by atoms with Crippen molar-refractivity contribution in [1.29, 1.82) is 0 Å². The van der Waals surface area contributed by atoms with E-state index in [9.17, 15) is 27.9 Å². The van der Waals surface area contributed by atoms with Gasteiger partial charge in [-0.15, -0.1) is 0 Å². The minimum atomic E-state index is -4.27. The van der Waals surface area contributed by atoms with Crippen LogP contribution in [0.25, 0.3) is 0 Å². The number of carbonyl (C=O) groups is 3. The lowest BCUT2D eigenvalue weighted by Gasteiger charge is -2.46. The number of fused-ring (bicyclic) bond motifs is 1. The zero-order chi connectivity index (χ0) is 21.2. The second-order valence-corrected chi connectivity index (χ2v) is 8.94. The first-order chi connectivity index (χ1) is 13.0. The Morgan fingerprint density at radius 1 is 1.50 bits per heavy atom. The highest BCUT2D eigenvalue weighted by Crippen LogP contribution is 2.49. The van der Waals surface area contributed by atoms with Crippen LogP contribution in [0.4, 0.5) is 0 Å². The molecule has 2 heterocycles. The summed E-state index contributed by atoms with van der Waals surface area (Å²) in [5.41, 5.74) is -0.328. The number of rotatable bonds is 9. The van der Waals surface area contributed by atoms with Gasteiger partial charge in [-0.1, -0.05) is 23.4 Å². The number of halogens is 1. The van der Waals surface area contributed by atoms with Crippen molar-refractivity contribution in [2.24, 2.45) is 5.92 Å². The summed E-state index contributed by atoms with van der Waals surface area (Å²) in [6, 6.07) is -0.611. The quantitative estimate of drug-likeness (QED) is 0.468. The summed E-state index contributed by atoms with van der Waals surface area (Å²) in [5, 5.41) is 13.9. The summed E-state index contributed by atoms with van der Waals surface area (Å²) >= 11 is 6.85. The SMILES string of the molecule is CCOS(=O)(=O)O[C@@H](C)[C@@H]1C(=O)N2C(C(=O)[O-])=C(S/C(Cl)=C/NC(C)=O)C[C@H]12. The molecule has 28 heavy (non-hydrogen) atoms. The van der Waals surface area contributed by atoms with Crippen LogP contribution in [-0.2, 0) is 33.1 Å². The molecule has 3 atom stereocenters. The van der Waals surface area contributed by atoms with Gasteiger partial charge >= 0.3 is 10.4 Å². The molecule has 0 aromatic rings. The molecule has 1 fully saturated rings. The summed E-state index contributed by atoms with van der Waals surface area (Å²) in [6.45, 7) is 4.01. The van der Waals surface area contributed by atoms with E-state index < -0.39 is 40.3 Å². The molecule has 156 valence electrons. The van der Waals surface area contributed by atoms with Crippen LogP contribution in [0.2, 0.25) is 0 Å². The number of thioether (sulfide) groups is 1. The van der Waals surface area contributed by atoms with E-state index in [1.54, 1.807) is 0 Å². The predicted octanol–water partition coefficient (Wildman–Crippen LogP) is -0.228. The number of β-lactam (4-membered cyclic amide) rings is 1. The summed E-state index contributed by atoms with van der Waals surface area (Å²) in [7, 11) is -4.27. The van der Waals surface area contributed by atoms with Crippen LogP contribution in [0.5, 0.6) is 0 Å².